The molecule has 0 spiro atoms. The molecule has 6 nitrogen and oxygen atoms in total. The number of hydrogen-bond acceptors (Lipinski definition) is 4. The van der Waals surface area contributed by atoms with Gasteiger partial charge in [-0.1, -0.05) is 13.3 Å². The van der Waals surface area contributed by atoms with Crippen LogP contribution in [0.15, 0.2) is 18.2 Å². The first kappa shape index (κ1) is 16.1. The molecule has 0 aromatic heterocycles. The molecule has 1 aromatic rings. The van der Waals surface area contributed by atoms with Crippen molar-refractivity contribution in [3.63, 3.8) is 0 Å². The van der Waals surface area contributed by atoms with E-state index >= 15 is 0 Å². The number of amides is 2. The van der Waals surface area contributed by atoms with Crippen LogP contribution in [0.1, 0.15) is 43.0 Å². The van der Waals surface area contributed by atoms with Gasteiger partial charge in [0.05, 0.1) is 13.7 Å². The molecule has 0 saturated heterocycles. The van der Waals surface area contributed by atoms with Crippen LogP contribution in [0.25, 0.3) is 0 Å². The van der Waals surface area contributed by atoms with E-state index < -0.39 is 0 Å². The molecule has 0 aliphatic heterocycles. The van der Waals surface area contributed by atoms with Gasteiger partial charge in [-0.3, -0.25) is 20.4 Å². The topological polar surface area (TPSA) is 76.7 Å². The highest BCUT2D eigenvalue weighted by Crippen LogP contribution is 2.29. The molecule has 0 atom stereocenters. The molecular weight excluding hydrogens is 284 g/mol. The van der Waals surface area contributed by atoms with E-state index in [2.05, 4.69) is 17.8 Å². The van der Waals surface area contributed by atoms with Gasteiger partial charge < -0.3 is 9.47 Å². The molecule has 2 N–H and O–H groups in total. The van der Waals surface area contributed by atoms with Crippen molar-refractivity contribution in [1.29, 1.82) is 0 Å². The van der Waals surface area contributed by atoms with Gasteiger partial charge in [0.2, 0.25) is 5.91 Å². The predicted octanol–water partition coefficient (Wildman–Crippen LogP) is 2.05. The molecule has 0 bridgehead atoms. The van der Waals surface area contributed by atoms with Gasteiger partial charge in [0.25, 0.3) is 5.91 Å². The third-order valence-electron chi connectivity index (χ3n) is 3.43. The fraction of sp³-hybridized carbons (Fsp3) is 0.500. The predicted molar refractivity (Wildman–Crippen MR) is 81.7 cm³/mol. The van der Waals surface area contributed by atoms with E-state index in [1.54, 1.807) is 18.2 Å². The molecule has 1 aliphatic carbocycles. The Labute approximate surface area is 130 Å². The van der Waals surface area contributed by atoms with Crippen LogP contribution in [0.5, 0.6) is 11.5 Å². The lowest BCUT2D eigenvalue weighted by molar-refractivity contribution is -0.123. The zero-order valence-corrected chi connectivity index (χ0v) is 13.0. The Hall–Kier alpha value is -2.24. The van der Waals surface area contributed by atoms with Crippen LogP contribution in [0.2, 0.25) is 0 Å². The Bertz CT molecular complexity index is 541. The maximum atomic E-state index is 12.0. The first-order chi connectivity index (χ1) is 10.7. The minimum atomic E-state index is -0.382. The summed E-state index contributed by atoms with van der Waals surface area (Å²) in [6, 6.07) is 4.94. The Morgan fingerprint density at radius 2 is 2.00 bits per heavy atom. The van der Waals surface area contributed by atoms with Crippen LogP contribution < -0.4 is 20.3 Å². The number of nitrogens with one attached hydrogen (secondary N) is 2. The molecule has 2 rings (SSSR count). The monoisotopic (exact) mass is 306 g/mol. The van der Waals surface area contributed by atoms with Gasteiger partial charge in [-0.15, -0.1) is 0 Å². The molecule has 22 heavy (non-hydrogen) atoms. The molecule has 0 heterocycles. The van der Waals surface area contributed by atoms with Crippen LogP contribution in [0.3, 0.4) is 0 Å². The number of unbranched alkanes of at least 4 members (excludes halogenated alkanes) is 1. The zero-order valence-electron chi connectivity index (χ0n) is 13.0. The fourth-order valence-electron chi connectivity index (χ4n) is 1.89. The number of hydrazine groups is 1. The summed E-state index contributed by atoms with van der Waals surface area (Å²) in [5, 5.41) is 0. The largest absolute Gasteiger partial charge is 0.493 e. The van der Waals surface area contributed by atoms with Crippen molar-refractivity contribution in [2.24, 2.45) is 5.92 Å². The van der Waals surface area contributed by atoms with E-state index in [4.69, 9.17) is 9.47 Å². The summed E-state index contributed by atoms with van der Waals surface area (Å²) >= 11 is 0. The highest BCUT2D eigenvalue weighted by atomic mass is 16.5. The summed E-state index contributed by atoms with van der Waals surface area (Å²) in [4.78, 5) is 23.5. The second-order valence-corrected chi connectivity index (χ2v) is 5.29. The Balaban J connectivity index is 1.94. The molecule has 1 aromatic carbocycles. The first-order valence-corrected chi connectivity index (χ1v) is 7.56. The SMILES string of the molecule is CCCCOc1ccc(C(=O)NNC(=O)C2CC2)cc1OC. The number of carbonyl (C=O) groups is 2. The standard InChI is InChI=1S/C16H22N2O4/c1-3-4-9-22-13-8-7-12(10-14(13)21-2)16(20)18-17-15(19)11-5-6-11/h7-8,10-11H,3-6,9H2,1-2H3,(H,17,19)(H,18,20). The summed E-state index contributed by atoms with van der Waals surface area (Å²) in [7, 11) is 1.53. The molecular formula is C16H22N2O4. The third kappa shape index (κ3) is 4.38. The zero-order chi connectivity index (χ0) is 15.9. The van der Waals surface area contributed by atoms with Crippen LogP contribution in [0, 0.1) is 5.92 Å². The normalized spacial score (nSPS) is 13.4. The number of rotatable bonds is 7. The van der Waals surface area contributed by atoms with E-state index in [-0.39, 0.29) is 17.7 Å². The minimum Gasteiger partial charge on any atom is -0.493 e. The number of ether oxygens (including phenoxy) is 2. The molecule has 0 unspecified atom stereocenters. The van der Waals surface area contributed by atoms with Gasteiger partial charge in [-0.25, -0.2) is 0 Å². The Morgan fingerprint density at radius 3 is 2.64 bits per heavy atom. The highest BCUT2D eigenvalue weighted by molar-refractivity contribution is 5.96. The van der Waals surface area contributed by atoms with Crippen molar-refractivity contribution < 1.29 is 19.1 Å². The summed E-state index contributed by atoms with van der Waals surface area (Å²) < 4.78 is 10.9. The van der Waals surface area contributed by atoms with Gasteiger partial charge >= 0.3 is 0 Å². The molecule has 6 heteroatoms. The summed E-state index contributed by atoms with van der Waals surface area (Å²) in [5.74, 6) is 0.628. The van der Waals surface area contributed by atoms with Crippen LogP contribution in [-0.2, 0) is 4.79 Å². The van der Waals surface area contributed by atoms with Crippen LogP contribution in [0.4, 0.5) is 0 Å². The highest BCUT2D eigenvalue weighted by Gasteiger charge is 2.29. The average molecular weight is 306 g/mol. The summed E-state index contributed by atoms with van der Waals surface area (Å²) in [6.45, 7) is 2.69. The number of methoxy groups -OCH3 is 1. The van der Waals surface area contributed by atoms with Gasteiger partial charge in [0.15, 0.2) is 11.5 Å². The van der Waals surface area contributed by atoms with E-state index in [1.165, 1.54) is 7.11 Å². The summed E-state index contributed by atoms with van der Waals surface area (Å²) in [5.41, 5.74) is 5.23. The van der Waals surface area contributed by atoms with Crippen molar-refractivity contribution in [3.05, 3.63) is 23.8 Å². The molecule has 120 valence electrons. The van der Waals surface area contributed by atoms with E-state index in [0.29, 0.717) is 23.7 Å². The minimum absolute atomic E-state index is 0.0455. The molecule has 1 saturated carbocycles. The van der Waals surface area contributed by atoms with Gasteiger partial charge in [-0.05, 0) is 37.5 Å². The summed E-state index contributed by atoms with van der Waals surface area (Å²) in [6.07, 6.45) is 3.78. The first-order valence-electron chi connectivity index (χ1n) is 7.56. The number of hydrogen-bond donors (Lipinski definition) is 2. The second-order valence-electron chi connectivity index (χ2n) is 5.29. The molecule has 0 radical (unpaired) electrons. The smallest absolute Gasteiger partial charge is 0.269 e. The van der Waals surface area contributed by atoms with Crippen molar-refractivity contribution in [3.8, 4) is 11.5 Å². The van der Waals surface area contributed by atoms with Crippen molar-refractivity contribution in [2.45, 2.75) is 32.6 Å². The lowest BCUT2D eigenvalue weighted by Crippen LogP contribution is -2.42. The van der Waals surface area contributed by atoms with Crippen LogP contribution in [-0.4, -0.2) is 25.5 Å². The van der Waals surface area contributed by atoms with Crippen molar-refractivity contribution in [2.75, 3.05) is 13.7 Å². The second kappa shape index (κ2) is 7.68. The van der Waals surface area contributed by atoms with Gasteiger partial charge in [0, 0.05) is 11.5 Å². The quantitative estimate of drug-likeness (QED) is 0.597. The maximum absolute atomic E-state index is 12.0. The number of benzene rings is 1. The fourth-order valence-corrected chi connectivity index (χ4v) is 1.89. The van der Waals surface area contributed by atoms with Crippen LogP contribution >= 0.6 is 0 Å². The lowest BCUT2D eigenvalue weighted by Gasteiger charge is -2.12. The molecule has 1 aliphatic rings. The van der Waals surface area contributed by atoms with Gasteiger partial charge in [0.1, 0.15) is 0 Å². The van der Waals surface area contributed by atoms with Crippen molar-refractivity contribution >= 4 is 11.8 Å². The van der Waals surface area contributed by atoms with Crippen molar-refractivity contribution in [1.82, 2.24) is 10.9 Å². The van der Waals surface area contributed by atoms with E-state index in [1.807, 2.05) is 0 Å². The third-order valence-corrected chi connectivity index (χ3v) is 3.43. The van der Waals surface area contributed by atoms with E-state index in [0.717, 1.165) is 25.7 Å². The maximum Gasteiger partial charge on any atom is 0.269 e. The number of carbonyl (C=O) groups excluding carboxylic acids is 2. The average Bonchev–Trinajstić information content (AvgIpc) is 3.37. The lowest BCUT2D eigenvalue weighted by atomic mass is 10.2. The Morgan fingerprint density at radius 1 is 1.23 bits per heavy atom. The Kier molecular flexibility index (Phi) is 5.63. The van der Waals surface area contributed by atoms with Gasteiger partial charge in [-0.2, -0.15) is 0 Å². The van der Waals surface area contributed by atoms with E-state index in [9.17, 15) is 9.59 Å². The molecule has 2 amide bonds. The molecule has 1 fully saturated rings.